The van der Waals surface area contributed by atoms with Crippen LogP contribution in [0.3, 0.4) is 0 Å². The zero-order chi connectivity index (χ0) is 20.4. The smallest absolute Gasteiger partial charge is 0.278 e. The van der Waals surface area contributed by atoms with Crippen LogP contribution < -0.4 is 10.8 Å². The molecule has 0 saturated carbocycles. The van der Waals surface area contributed by atoms with E-state index in [0.717, 1.165) is 23.3 Å². The highest BCUT2D eigenvalue weighted by atomic mass is 16.5. The van der Waals surface area contributed by atoms with Crippen molar-refractivity contribution in [2.75, 3.05) is 27.8 Å². The van der Waals surface area contributed by atoms with Gasteiger partial charge in [0.25, 0.3) is 17.7 Å². The normalized spacial score (nSPS) is 13.1. The average molecular weight is 377 g/mol. The number of nitrogens with one attached hydrogen (secondary N) is 2. The van der Waals surface area contributed by atoms with Gasteiger partial charge in [0.05, 0.1) is 0 Å². The molecule has 0 aliphatic heterocycles. The molecule has 0 aliphatic carbocycles. The van der Waals surface area contributed by atoms with Crippen LogP contribution >= 0.6 is 0 Å². The SMILES string of the molecule is CNC(=O)[C@@](C)(C(=O)NO)N(C)C(=O)c1ccc(/C=C/CCCOC)cc1. The lowest BCUT2D eigenvalue weighted by Gasteiger charge is -2.34. The molecule has 3 N–H and O–H groups in total. The fourth-order valence-corrected chi connectivity index (χ4v) is 2.46. The minimum absolute atomic E-state index is 0.315. The summed E-state index contributed by atoms with van der Waals surface area (Å²) in [6.45, 7) is 1.96. The first-order valence-electron chi connectivity index (χ1n) is 8.53. The van der Waals surface area contributed by atoms with E-state index in [1.54, 1.807) is 31.4 Å². The van der Waals surface area contributed by atoms with Gasteiger partial charge in [-0.3, -0.25) is 19.6 Å². The molecule has 148 valence electrons. The number of hydrogen-bond donors (Lipinski definition) is 3. The molecule has 8 nitrogen and oxygen atoms in total. The minimum atomic E-state index is -1.90. The summed E-state index contributed by atoms with van der Waals surface area (Å²) in [4.78, 5) is 37.9. The second-order valence-corrected chi connectivity index (χ2v) is 6.12. The van der Waals surface area contributed by atoms with Crippen molar-refractivity contribution in [2.45, 2.75) is 25.3 Å². The molecular formula is C19H27N3O5. The maximum Gasteiger partial charge on any atom is 0.278 e. The topological polar surface area (TPSA) is 108 Å². The van der Waals surface area contributed by atoms with E-state index >= 15 is 0 Å². The van der Waals surface area contributed by atoms with Crippen LogP contribution in [0.4, 0.5) is 0 Å². The second-order valence-electron chi connectivity index (χ2n) is 6.12. The molecule has 0 bridgehead atoms. The standard InChI is InChI=1S/C19H27N3O5/c1-19(17(24)20-2,18(25)21-26)22(3)16(23)15-11-9-14(10-12-15)8-6-5-7-13-27-4/h6,8-12,26H,5,7,13H2,1-4H3,(H,20,24)(H,21,25)/b8-6+/t19-/m0/s1. The van der Waals surface area contributed by atoms with E-state index in [1.807, 2.05) is 12.2 Å². The van der Waals surface area contributed by atoms with Crippen molar-refractivity contribution >= 4 is 23.8 Å². The lowest BCUT2D eigenvalue weighted by molar-refractivity contribution is -0.148. The van der Waals surface area contributed by atoms with E-state index in [9.17, 15) is 14.4 Å². The average Bonchev–Trinajstić information content (AvgIpc) is 2.71. The van der Waals surface area contributed by atoms with E-state index in [2.05, 4.69) is 5.32 Å². The number of methoxy groups -OCH3 is 1. The Morgan fingerprint density at radius 2 is 1.85 bits per heavy atom. The van der Waals surface area contributed by atoms with Crippen LogP contribution in [-0.4, -0.2) is 61.2 Å². The first kappa shape index (κ1) is 22.3. The number of benzene rings is 1. The highest BCUT2D eigenvalue weighted by molar-refractivity contribution is 6.12. The van der Waals surface area contributed by atoms with Crippen molar-refractivity contribution in [3.05, 3.63) is 41.5 Å². The van der Waals surface area contributed by atoms with Gasteiger partial charge in [-0.25, -0.2) is 5.48 Å². The molecule has 1 atom stereocenters. The van der Waals surface area contributed by atoms with Gasteiger partial charge in [-0.1, -0.05) is 24.3 Å². The number of likely N-dealkylation sites (N-methyl/N-ethyl adjacent to an activating group) is 2. The Morgan fingerprint density at radius 3 is 2.37 bits per heavy atom. The van der Waals surface area contributed by atoms with Crippen molar-refractivity contribution in [3.8, 4) is 0 Å². The Hall–Kier alpha value is -2.71. The fourth-order valence-electron chi connectivity index (χ4n) is 2.46. The summed E-state index contributed by atoms with van der Waals surface area (Å²) in [5, 5.41) is 11.3. The first-order valence-corrected chi connectivity index (χ1v) is 8.53. The van der Waals surface area contributed by atoms with Gasteiger partial charge in [-0.15, -0.1) is 0 Å². The number of allylic oxidation sites excluding steroid dienone is 1. The Balaban J connectivity index is 2.94. The Labute approximate surface area is 159 Å². The molecule has 0 unspecified atom stereocenters. The number of unbranched alkanes of at least 4 members (excludes halogenated alkanes) is 1. The van der Waals surface area contributed by atoms with E-state index in [-0.39, 0.29) is 0 Å². The summed E-state index contributed by atoms with van der Waals surface area (Å²) in [6.07, 6.45) is 5.79. The second kappa shape index (κ2) is 10.4. The fraction of sp³-hybridized carbons (Fsp3) is 0.421. The number of ether oxygens (including phenoxy) is 1. The van der Waals surface area contributed by atoms with Gasteiger partial charge in [0, 0.05) is 33.4 Å². The Bertz CT molecular complexity index is 669. The minimum Gasteiger partial charge on any atom is -0.385 e. The third kappa shape index (κ3) is 5.38. The third-order valence-electron chi connectivity index (χ3n) is 4.38. The van der Waals surface area contributed by atoms with Gasteiger partial charge in [0.2, 0.25) is 0 Å². The lowest BCUT2D eigenvalue weighted by atomic mass is 9.96. The molecule has 0 radical (unpaired) electrons. The van der Waals surface area contributed by atoms with Gasteiger partial charge in [-0.05, 0) is 37.5 Å². The zero-order valence-electron chi connectivity index (χ0n) is 16.1. The van der Waals surface area contributed by atoms with Gasteiger partial charge < -0.3 is 15.0 Å². The van der Waals surface area contributed by atoms with Crippen molar-refractivity contribution in [1.29, 1.82) is 0 Å². The molecule has 8 heteroatoms. The summed E-state index contributed by atoms with van der Waals surface area (Å²) in [7, 11) is 4.34. The van der Waals surface area contributed by atoms with Gasteiger partial charge >= 0.3 is 0 Å². The molecule has 0 heterocycles. The number of carbonyl (C=O) groups excluding carboxylic acids is 3. The predicted molar refractivity (Wildman–Crippen MR) is 101 cm³/mol. The van der Waals surface area contributed by atoms with Crippen molar-refractivity contribution < 1.29 is 24.3 Å². The summed E-state index contributed by atoms with van der Waals surface area (Å²) < 4.78 is 4.99. The third-order valence-corrected chi connectivity index (χ3v) is 4.38. The van der Waals surface area contributed by atoms with Gasteiger partial charge in [0.15, 0.2) is 5.54 Å². The molecular weight excluding hydrogens is 350 g/mol. The first-order chi connectivity index (χ1) is 12.8. The van der Waals surface area contributed by atoms with Crippen LogP contribution in [0.2, 0.25) is 0 Å². The number of hydroxylamine groups is 1. The monoisotopic (exact) mass is 377 g/mol. The predicted octanol–water partition coefficient (Wildman–Crippen LogP) is 1.21. The maximum absolute atomic E-state index is 12.7. The highest BCUT2D eigenvalue weighted by Gasteiger charge is 2.47. The van der Waals surface area contributed by atoms with E-state index < -0.39 is 23.3 Å². The number of nitrogens with zero attached hydrogens (tertiary/aromatic N) is 1. The van der Waals surface area contributed by atoms with Gasteiger partial charge in [-0.2, -0.15) is 0 Å². The van der Waals surface area contributed by atoms with E-state index in [0.29, 0.717) is 12.2 Å². The van der Waals surface area contributed by atoms with E-state index in [1.165, 1.54) is 26.5 Å². The lowest BCUT2D eigenvalue weighted by Crippen LogP contribution is -2.64. The van der Waals surface area contributed by atoms with Crippen molar-refractivity contribution in [2.24, 2.45) is 0 Å². The molecule has 0 saturated heterocycles. The van der Waals surface area contributed by atoms with Gasteiger partial charge in [0.1, 0.15) is 0 Å². The molecule has 0 aromatic heterocycles. The summed E-state index contributed by atoms with van der Waals surface area (Å²) >= 11 is 0. The van der Waals surface area contributed by atoms with Crippen LogP contribution in [-0.2, 0) is 14.3 Å². The molecule has 1 rings (SSSR count). The van der Waals surface area contributed by atoms with Crippen LogP contribution in [0.5, 0.6) is 0 Å². The quantitative estimate of drug-likeness (QED) is 0.259. The van der Waals surface area contributed by atoms with Crippen LogP contribution in [0.25, 0.3) is 6.08 Å². The summed E-state index contributed by atoms with van der Waals surface area (Å²) in [5.74, 6) is -2.26. The van der Waals surface area contributed by atoms with Crippen LogP contribution in [0.1, 0.15) is 35.7 Å². The highest BCUT2D eigenvalue weighted by Crippen LogP contribution is 2.18. The van der Waals surface area contributed by atoms with Crippen molar-refractivity contribution in [3.63, 3.8) is 0 Å². The molecule has 1 aromatic rings. The zero-order valence-corrected chi connectivity index (χ0v) is 16.1. The summed E-state index contributed by atoms with van der Waals surface area (Å²) in [6, 6.07) is 6.79. The number of carbonyl (C=O) groups is 3. The molecule has 0 spiro atoms. The molecule has 0 aliphatic rings. The molecule has 1 aromatic carbocycles. The molecule has 27 heavy (non-hydrogen) atoms. The van der Waals surface area contributed by atoms with Crippen LogP contribution in [0, 0.1) is 0 Å². The van der Waals surface area contributed by atoms with E-state index in [4.69, 9.17) is 9.94 Å². The van der Waals surface area contributed by atoms with Crippen molar-refractivity contribution in [1.82, 2.24) is 15.7 Å². The largest absolute Gasteiger partial charge is 0.385 e. The summed E-state index contributed by atoms with van der Waals surface area (Å²) in [5.41, 5.74) is 0.780. The Morgan fingerprint density at radius 1 is 1.22 bits per heavy atom. The molecule has 3 amide bonds. The molecule has 0 fully saturated rings. The maximum atomic E-state index is 12.7. The van der Waals surface area contributed by atoms with Crippen LogP contribution in [0.15, 0.2) is 30.3 Å². The number of rotatable bonds is 9. The number of hydrogen-bond acceptors (Lipinski definition) is 5. The Kier molecular flexibility index (Phi) is 8.64. The number of amides is 3.